The van der Waals surface area contributed by atoms with Crippen molar-refractivity contribution >= 4 is 41.3 Å². The summed E-state index contributed by atoms with van der Waals surface area (Å²) in [6, 6.07) is 15.4. The summed E-state index contributed by atoms with van der Waals surface area (Å²) in [7, 11) is 2.97. The highest BCUT2D eigenvalue weighted by Crippen LogP contribution is 2.25. The van der Waals surface area contributed by atoms with Gasteiger partial charge in [0.2, 0.25) is 11.8 Å². The van der Waals surface area contributed by atoms with Crippen LogP contribution in [0.25, 0.3) is 0 Å². The number of hydrogen-bond acceptors (Lipinski definition) is 8. The van der Waals surface area contributed by atoms with Gasteiger partial charge in [0, 0.05) is 32.0 Å². The number of carbonyl (C=O) groups is 5. The smallest absolute Gasteiger partial charge is 0.414 e. The Kier molecular flexibility index (Phi) is 10.8. The minimum absolute atomic E-state index is 0.0378. The average molecular weight is 610 g/mol. The predicted molar refractivity (Wildman–Crippen MR) is 161 cm³/mol. The van der Waals surface area contributed by atoms with Crippen molar-refractivity contribution in [3.05, 3.63) is 60.2 Å². The van der Waals surface area contributed by atoms with E-state index in [1.165, 1.54) is 23.9 Å². The highest BCUT2D eigenvalue weighted by molar-refractivity contribution is 5.96. The zero-order valence-electron chi connectivity index (χ0n) is 25.4. The average Bonchev–Trinajstić information content (AvgIpc) is 3.39. The molecule has 2 aromatic rings. The van der Waals surface area contributed by atoms with Gasteiger partial charge in [-0.3, -0.25) is 19.3 Å². The molecule has 2 heterocycles. The van der Waals surface area contributed by atoms with Crippen molar-refractivity contribution in [2.24, 2.45) is 5.92 Å². The summed E-state index contributed by atoms with van der Waals surface area (Å²) in [6.07, 6.45) is -1.81. The third kappa shape index (κ3) is 8.04. The second kappa shape index (κ2) is 14.7. The molecule has 0 spiro atoms. The number of morpholine rings is 1. The fraction of sp³-hybridized carbons (Fsp3) is 0.452. The second-order valence-electron chi connectivity index (χ2n) is 11.1. The molecule has 0 aliphatic carbocycles. The zero-order chi connectivity index (χ0) is 31.8. The number of nitrogens with zero attached hydrogens (tertiary/aromatic N) is 4. The van der Waals surface area contributed by atoms with Crippen LogP contribution in [0.15, 0.2) is 54.6 Å². The van der Waals surface area contributed by atoms with Crippen molar-refractivity contribution in [1.82, 2.24) is 15.1 Å². The fourth-order valence-electron chi connectivity index (χ4n) is 5.05. The Bertz CT molecular complexity index is 1340. The van der Waals surface area contributed by atoms with Crippen LogP contribution in [0, 0.1) is 5.92 Å². The van der Waals surface area contributed by atoms with E-state index < -0.39 is 36.1 Å². The number of amides is 5. The molecule has 13 heteroatoms. The van der Waals surface area contributed by atoms with E-state index in [1.807, 2.05) is 44.2 Å². The van der Waals surface area contributed by atoms with Crippen molar-refractivity contribution in [3.63, 3.8) is 0 Å². The summed E-state index contributed by atoms with van der Waals surface area (Å²) in [5, 5.41) is 2.81. The monoisotopic (exact) mass is 609 g/mol. The van der Waals surface area contributed by atoms with Crippen LogP contribution in [0.1, 0.15) is 19.4 Å². The molecule has 0 saturated carbocycles. The number of rotatable bonds is 11. The highest BCUT2D eigenvalue weighted by Gasteiger charge is 2.35. The third-order valence-electron chi connectivity index (χ3n) is 7.44. The molecule has 4 rings (SSSR count). The van der Waals surface area contributed by atoms with E-state index in [9.17, 15) is 24.0 Å². The van der Waals surface area contributed by atoms with Crippen LogP contribution in [0.4, 0.5) is 21.0 Å². The maximum atomic E-state index is 13.2. The molecule has 2 aliphatic heterocycles. The molecule has 236 valence electrons. The topological polar surface area (TPSA) is 138 Å². The number of anilines is 2. The molecule has 2 atom stereocenters. The van der Waals surface area contributed by atoms with E-state index >= 15 is 0 Å². The van der Waals surface area contributed by atoms with Gasteiger partial charge in [-0.2, -0.15) is 0 Å². The van der Waals surface area contributed by atoms with Crippen LogP contribution in [0.3, 0.4) is 0 Å². The van der Waals surface area contributed by atoms with Crippen molar-refractivity contribution in [3.8, 4) is 0 Å². The first-order valence-electron chi connectivity index (χ1n) is 14.5. The summed E-state index contributed by atoms with van der Waals surface area (Å²) >= 11 is 0. The van der Waals surface area contributed by atoms with Crippen molar-refractivity contribution in [2.75, 3.05) is 63.3 Å². The number of likely N-dealkylation sites (N-methyl/N-ethyl adjacent to an activating group) is 2. The maximum absolute atomic E-state index is 13.2. The summed E-state index contributed by atoms with van der Waals surface area (Å²) in [4.78, 5) is 68.9. The van der Waals surface area contributed by atoms with E-state index in [0.717, 1.165) is 10.5 Å². The first-order chi connectivity index (χ1) is 21.0. The molecule has 13 nitrogen and oxygen atoms in total. The highest BCUT2D eigenvalue weighted by atomic mass is 16.6. The molecule has 2 aliphatic rings. The lowest BCUT2D eigenvalue weighted by Gasteiger charge is -2.31. The summed E-state index contributed by atoms with van der Waals surface area (Å²) in [5.74, 6) is -1.20. The number of cyclic esters (lactones) is 1. The van der Waals surface area contributed by atoms with E-state index in [0.29, 0.717) is 24.5 Å². The van der Waals surface area contributed by atoms with Crippen LogP contribution in [-0.2, 0) is 35.2 Å². The minimum Gasteiger partial charge on any atom is -0.445 e. The predicted octanol–water partition coefficient (Wildman–Crippen LogP) is 2.24. The molecule has 0 bridgehead atoms. The Hall–Kier alpha value is -4.65. The molecule has 2 fully saturated rings. The molecule has 2 aromatic carbocycles. The molecule has 5 amide bonds. The molecular weight excluding hydrogens is 570 g/mol. The molecule has 44 heavy (non-hydrogen) atoms. The van der Waals surface area contributed by atoms with Crippen molar-refractivity contribution < 1.29 is 38.2 Å². The van der Waals surface area contributed by atoms with E-state index in [-0.39, 0.29) is 44.7 Å². The van der Waals surface area contributed by atoms with Gasteiger partial charge in [0.15, 0.2) is 0 Å². The van der Waals surface area contributed by atoms with Crippen LogP contribution in [0.2, 0.25) is 0 Å². The lowest BCUT2D eigenvalue weighted by molar-refractivity contribution is -0.141. The molecule has 0 aromatic heterocycles. The van der Waals surface area contributed by atoms with Crippen molar-refractivity contribution in [2.45, 2.75) is 32.6 Å². The van der Waals surface area contributed by atoms with Gasteiger partial charge in [0.1, 0.15) is 31.9 Å². The van der Waals surface area contributed by atoms with Crippen LogP contribution in [0.5, 0.6) is 0 Å². The van der Waals surface area contributed by atoms with Gasteiger partial charge >= 0.3 is 12.2 Å². The van der Waals surface area contributed by atoms with Crippen LogP contribution >= 0.6 is 0 Å². The Morgan fingerprint density at radius 2 is 1.66 bits per heavy atom. The lowest BCUT2D eigenvalue weighted by Crippen LogP contribution is -2.53. The van der Waals surface area contributed by atoms with Gasteiger partial charge < -0.3 is 34.2 Å². The van der Waals surface area contributed by atoms with E-state index in [2.05, 4.69) is 5.32 Å². The van der Waals surface area contributed by atoms with Gasteiger partial charge in [-0.15, -0.1) is 0 Å². The quantitative estimate of drug-likeness (QED) is 0.410. The van der Waals surface area contributed by atoms with Gasteiger partial charge in [-0.05, 0) is 35.7 Å². The van der Waals surface area contributed by atoms with Gasteiger partial charge in [-0.1, -0.05) is 44.2 Å². The molecule has 0 radical (unpaired) electrons. The zero-order valence-corrected chi connectivity index (χ0v) is 25.4. The van der Waals surface area contributed by atoms with Crippen LogP contribution < -0.4 is 15.1 Å². The van der Waals surface area contributed by atoms with Crippen LogP contribution in [-0.4, -0.2) is 105 Å². The first-order valence-corrected chi connectivity index (χ1v) is 14.5. The number of nitrogens with one attached hydrogen (secondary N) is 1. The number of benzene rings is 2. The molecule has 1 N–H and O–H groups in total. The second-order valence-corrected chi connectivity index (χ2v) is 11.1. The summed E-state index contributed by atoms with van der Waals surface area (Å²) < 4.78 is 15.9. The molecule has 1 unspecified atom stereocenters. The lowest BCUT2D eigenvalue weighted by atomic mass is 10.0. The first kappa shape index (κ1) is 32.3. The Morgan fingerprint density at radius 3 is 2.30 bits per heavy atom. The Morgan fingerprint density at radius 1 is 1.00 bits per heavy atom. The summed E-state index contributed by atoms with van der Waals surface area (Å²) in [5.41, 5.74) is 2.14. The standard InChI is InChI=1S/C31H39N5O8/c1-21(2)28(34(4)26(37)18-33(3)30(40)43-19-22-8-6-5-7-9-22)29(39)32-16-25-17-36(31(41)44-25)24-12-10-23(11-13-24)35-14-15-42-20-27(35)38/h5-13,21,25,28H,14-20H2,1-4H3,(H,32,39)/t25-,28?/m0/s1. The third-order valence-corrected chi connectivity index (χ3v) is 7.44. The minimum atomic E-state index is -0.820. The number of carbonyl (C=O) groups excluding carboxylic acids is 5. The number of ether oxygens (including phenoxy) is 3. The molecule has 2 saturated heterocycles. The Balaban J connectivity index is 1.27. The normalized spacial score (nSPS) is 17.2. The van der Waals surface area contributed by atoms with Gasteiger partial charge in [-0.25, -0.2) is 9.59 Å². The maximum Gasteiger partial charge on any atom is 0.414 e. The van der Waals surface area contributed by atoms with E-state index in [4.69, 9.17) is 14.2 Å². The largest absolute Gasteiger partial charge is 0.445 e. The van der Waals surface area contributed by atoms with Gasteiger partial charge in [0.05, 0.1) is 19.7 Å². The van der Waals surface area contributed by atoms with Gasteiger partial charge in [0.25, 0.3) is 5.91 Å². The van der Waals surface area contributed by atoms with Crippen molar-refractivity contribution in [1.29, 1.82) is 0 Å². The Labute approximate surface area is 256 Å². The molecular formula is C31H39N5O8. The number of hydrogen-bond donors (Lipinski definition) is 1. The summed E-state index contributed by atoms with van der Waals surface area (Å²) in [6.45, 7) is 4.67. The fourth-order valence-corrected chi connectivity index (χ4v) is 5.05. The SMILES string of the molecule is CC(C)C(C(=O)NC[C@H]1CN(c2ccc(N3CCOCC3=O)cc2)C(=O)O1)N(C)C(=O)CN(C)C(=O)OCc1ccccc1. The van der Waals surface area contributed by atoms with E-state index in [1.54, 1.807) is 29.2 Å².